The number of aromatic hydroxyl groups is 1. The van der Waals surface area contributed by atoms with Gasteiger partial charge in [0.2, 0.25) is 0 Å². The Bertz CT molecular complexity index is 3600. The average molecular weight is 1040 g/mol. The molecule has 7 aromatic carbocycles. The van der Waals surface area contributed by atoms with E-state index in [9.17, 15) is 22.9 Å². The molecule has 74 heavy (non-hydrogen) atoms. The maximum atomic E-state index is 13.5. The molecule has 378 valence electrons. The van der Waals surface area contributed by atoms with Crippen molar-refractivity contribution in [3.63, 3.8) is 0 Å². The first-order chi connectivity index (χ1) is 35.4. The summed E-state index contributed by atoms with van der Waals surface area (Å²) < 4.78 is 34.2. The van der Waals surface area contributed by atoms with Crippen molar-refractivity contribution in [2.24, 2.45) is 40.9 Å². The molecule has 0 spiro atoms. The van der Waals surface area contributed by atoms with E-state index in [1.807, 2.05) is 90.1 Å². The molecule has 0 aliphatic carbocycles. The first-order valence-corrected chi connectivity index (χ1v) is 26.4. The maximum absolute atomic E-state index is 13.5. The largest absolute Gasteiger partial charge is 0.508 e. The number of aryl methyl sites for hydroxylation is 5. The lowest BCUT2D eigenvalue weighted by Crippen LogP contribution is -2.12. The van der Waals surface area contributed by atoms with Crippen molar-refractivity contribution >= 4 is 103 Å². The molecule has 0 aliphatic heterocycles. The molecule has 1 amide bonds. The predicted octanol–water partition coefficient (Wildman–Crippen LogP) is 17.7. The van der Waals surface area contributed by atoms with Gasteiger partial charge in [-0.1, -0.05) is 38.1 Å². The highest BCUT2D eigenvalue weighted by atomic mass is 32.2. The number of anilines is 1. The number of phenolic OH excluding ortho intramolecular Hbond substituents is 1. The first kappa shape index (κ1) is 54.3. The van der Waals surface area contributed by atoms with E-state index in [0.717, 1.165) is 74.6 Å². The Balaban J connectivity index is 0.990. The summed E-state index contributed by atoms with van der Waals surface area (Å²) in [4.78, 5) is 14.0. The van der Waals surface area contributed by atoms with Crippen LogP contribution in [0, 0.1) is 20.8 Å². The van der Waals surface area contributed by atoms with Gasteiger partial charge in [-0.3, -0.25) is 9.35 Å². The van der Waals surface area contributed by atoms with Crippen LogP contribution in [-0.4, -0.2) is 29.7 Å². The molecule has 0 unspecified atom stereocenters. The van der Waals surface area contributed by atoms with Crippen LogP contribution in [0.4, 0.5) is 39.8 Å². The summed E-state index contributed by atoms with van der Waals surface area (Å²) >= 11 is 9.04. The van der Waals surface area contributed by atoms with Gasteiger partial charge in [-0.25, -0.2) is 0 Å². The zero-order valence-corrected chi connectivity index (χ0v) is 44.6. The van der Waals surface area contributed by atoms with Crippen molar-refractivity contribution < 1.29 is 22.9 Å². The summed E-state index contributed by atoms with van der Waals surface area (Å²) in [5, 5.41) is 51.8. The number of carbonyl (C=O) groups excluding carboxylic acids is 1. The minimum absolute atomic E-state index is 0.167. The van der Waals surface area contributed by atoms with E-state index in [-0.39, 0.29) is 16.6 Å². The van der Waals surface area contributed by atoms with Gasteiger partial charge in [0.05, 0.1) is 44.7 Å². The number of hydrogen-bond donors (Lipinski definition) is 5. The van der Waals surface area contributed by atoms with Crippen LogP contribution in [-0.2, 0) is 23.0 Å². The topological polar surface area (TPSA) is 203 Å². The van der Waals surface area contributed by atoms with E-state index >= 15 is 0 Å². The monoisotopic (exact) mass is 1040 g/mol. The van der Waals surface area contributed by atoms with Crippen molar-refractivity contribution in [3.05, 3.63) is 178 Å². The van der Waals surface area contributed by atoms with Crippen molar-refractivity contribution in [1.82, 2.24) is 0 Å². The first-order valence-electron chi connectivity index (χ1n) is 23.9. The van der Waals surface area contributed by atoms with Gasteiger partial charge in [0.1, 0.15) is 11.4 Å². The molecule has 0 saturated heterocycles. The molecule has 7 aromatic rings. The average Bonchev–Trinajstić information content (AvgIpc) is 3.37. The predicted molar refractivity (Wildman–Crippen MR) is 303 cm³/mol. The van der Waals surface area contributed by atoms with Gasteiger partial charge < -0.3 is 10.4 Å². The SMILES string of the molecule is C=C(/C=C(C)\C(=C/C)N=Nc1ccc(C(=O)Nc2ccc3c(CCCCCS)cc(S(=O)(=O)O)cc3c2)cc1CC)N=Nc1cc(C)c(N=Nc2c(S)cc3cc(N=Nc4ccc(O)cc4)ccc3c2C)cc1C. The summed E-state index contributed by atoms with van der Waals surface area (Å²) in [6, 6.07) is 31.6. The van der Waals surface area contributed by atoms with Gasteiger partial charge in [-0.2, -0.15) is 56.8 Å². The lowest BCUT2D eigenvalue weighted by atomic mass is 9.99. The van der Waals surface area contributed by atoms with E-state index in [4.69, 9.17) is 12.6 Å². The molecule has 0 bridgehead atoms. The quantitative estimate of drug-likeness (QED) is 0.0176. The lowest BCUT2D eigenvalue weighted by Gasteiger charge is -2.12. The zero-order chi connectivity index (χ0) is 53.1. The number of allylic oxidation sites excluding steroid dienone is 3. The number of carbonyl (C=O) groups is 1. The number of phenols is 1. The number of azo groups is 4. The molecular weight excluding hydrogens is 987 g/mol. The maximum Gasteiger partial charge on any atom is 0.294 e. The van der Waals surface area contributed by atoms with Gasteiger partial charge >= 0.3 is 0 Å². The Morgan fingerprint density at radius 3 is 2.09 bits per heavy atom. The van der Waals surface area contributed by atoms with Gasteiger partial charge in [0, 0.05) is 16.1 Å². The molecule has 17 heteroatoms. The van der Waals surface area contributed by atoms with E-state index < -0.39 is 10.1 Å². The van der Waals surface area contributed by atoms with Crippen molar-refractivity contribution in [1.29, 1.82) is 0 Å². The Hall–Kier alpha value is -7.44. The number of nitrogens with zero attached hydrogens (tertiary/aromatic N) is 8. The van der Waals surface area contributed by atoms with Crippen molar-refractivity contribution in [3.8, 4) is 5.75 Å². The number of nitrogens with one attached hydrogen (secondary N) is 1. The van der Waals surface area contributed by atoms with E-state index in [2.05, 4.69) is 65.4 Å². The van der Waals surface area contributed by atoms with Crippen molar-refractivity contribution in [2.75, 3.05) is 11.1 Å². The fraction of sp³-hybridized carbons (Fsp3) is 0.211. The highest BCUT2D eigenvalue weighted by Crippen LogP contribution is 2.38. The Labute approximate surface area is 442 Å². The molecule has 14 nitrogen and oxygen atoms in total. The Morgan fingerprint density at radius 2 is 1.39 bits per heavy atom. The summed E-state index contributed by atoms with van der Waals surface area (Å²) in [6.45, 7) is 15.7. The minimum atomic E-state index is -4.45. The second kappa shape index (κ2) is 24.5. The molecule has 0 heterocycles. The van der Waals surface area contributed by atoms with Crippen LogP contribution in [0.25, 0.3) is 21.5 Å². The van der Waals surface area contributed by atoms with E-state index in [0.29, 0.717) is 79.9 Å². The fourth-order valence-electron chi connectivity index (χ4n) is 8.18. The number of thiol groups is 2. The van der Waals surface area contributed by atoms with Gasteiger partial charge in [-0.15, -0.1) is 17.7 Å². The summed E-state index contributed by atoms with van der Waals surface area (Å²) in [5.41, 5.74) is 10.8. The molecule has 0 aliphatic rings. The Morgan fingerprint density at radius 1 is 0.716 bits per heavy atom. The molecule has 0 aromatic heterocycles. The second-order valence-corrected chi connectivity index (χ2v) is 20.0. The number of benzene rings is 7. The number of unbranched alkanes of at least 4 members (excludes halogenated alkanes) is 2. The van der Waals surface area contributed by atoms with Crippen LogP contribution in [0.1, 0.15) is 78.2 Å². The second-order valence-electron chi connectivity index (χ2n) is 17.7. The van der Waals surface area contributed by atoms with Gasteiger partial charge in [0.25, 0.3) is 16.0 Å². The van der Waals surface area contributed by atoms with E-state index in [1.165, 1.54) is 12.1 Å². The minimum Gasteiger partial charge on any atom is -0.508 e. The zero-order valence-electron chi connectivity index (χ0n) is 42.0. The van der Waals surface area contributed by atoms with Crippen LogP contribution in [0.3, 0.4) is 0 Å². The summed E-state index contributed by atoms with van der Waals surface area (Å²) in [7, 11) is -4.45. The Kier molecular flexibility index (Phi) is 18.0. The third-order valence-corrected chi connectivity index (χ3v) is 13.7. The standard InChI is InChI=1S/C57H57N9O5S3/c1-8-39-28-41(57(68)58-45-17-22-50-40(13-11-10-12-24-72)31-48(74(69,70)71)32-42(50)29-45)14-23-52(39)63-62-51(9-2)34(3)25-37(6)59-64-53-26-36(5)54(27-35(53)4)65-66-56-38(7)49-21-18-46(30-43(49)33-55(56)73)61-60-44-15-19-47(67)20-16-44/h9,14-23,25-33,67,72-73H,6,8,10-13,24H2,1-5,7H3,(H,58,68)(H,69,70,71)/b34-25-,51-9+,61-60?,63-62?,64-59?,66-65?. The van der Waals surface area contributed by atoms with Crippen LogP contribution in [0.5, 0.6) is 5.75 Å². The number of hydrogen-bond acceptors (Lipinski definition) is 14. The number of rotatable bonds is 19. The molecule has 7 rings (SSSR count). The normalized spacial score (nSPS) is 12.7. The molecular formula is C57H57N9O5S3. The van der Waals surface area contributed by atoms with Crippen LogP contribution in [0.15, 0.2) is 196 Å². The molecule has 0 fully saturated rings. The van der Waals surface area contributed by atoms with Gasteiger partial charge in [-0.05, 0) is 224 Å². The van der Waals surface area contributed by atoms with E-state index in [1.54, 1.807) is 60.7 Å². The third kappa shape index (κ3) is 13.8. The highest BCUT2D eigenvalue weighted by molar-refractivity contribution is 7.85. The van der Waals surface area contributed by atoms with Gasteiger partial charge in [0.15, 0.2) is 0 Å². The third-order valence-electron chi connectivity index (χ3n) is 12.2. The summed E-state index contributed by atoms with van der Waals surface area (Å²) in [6.07, 6.45) is 7.58. The molecule has 0 atom stereocenters. The molecule has 0 saturated carbocycles. The summed E-state index contributed by atoms with van der Waals surface area (Å²) in [5.74, 6) is 0.593. The molecule has 0 radical (unpaired) electrons. The number of amides is 1. The lowest BCUT2D eigenvalue weighted by molar-refractivity contribution is 0.102. The van der Waals surface area contributed by atoms with Crippen LogP contribution in [0.2, 0.25) is 0 Å². The number of fused-ring (bicyclic) bond motifs is 2. The van der Waals surface area contributed by atoms with Crippen LogP contribution < -0.4 is 5.32 Å². The van der Waals surface area contributed by atoms with Crippen LogP contribution >= 0.6 is 25.3 Å². The molecule has 3 N–H and O–H groups in total. The highest BCUT2D eigenvalue weighted by Gasteiger charge is 2.16. The smallest absolute Gasteiger partial charge is 0.294 e. The fourth-order valence-corrected chi connectivity index (χ4v) is 9.33. The van der Waals surface area contributed by atoms with Crippen molar-refractivity contribution in [2.45, 2.75) is 83.4 Å².